The SMILES string of the molecule is C=CCOC(=O)C=CC=C[C@@H]1[C@H](CC=C=O)[C@@H](O)C[C@H]1O. The molecule has 0 aliphatic heterocycles. The topological polar surface area (TPSA) is 83.8 Å². The summed E-state index contributed by atoms with van der Waals surface area (Å²) in [5, 5.41) is 19.8. The molecule has 4 atom stereocenters. The Labute approximate surface area is 123 Å². The lowest BCUT2D eigenvalue weighted by molar-refractivity contribution is -0.136. The zero-order valence-electron chi connectivity index (χ0n) is 11.7. The molecule has 0 unspecified atom stereocenters. The summed E-state index contributed by atoms with van der Waals surface area (Å²) in [4.78, 5) is 21.5. The molecule has 1 aliphatic rings. The molecule has 0 saturated heterocycles. The minimum Gasteiger partial charge on any atom is -0.458 e. The Bertz CT molecular complexity index is 459. The standard InChI is InChI=1S/C16H20O5/c1-2-10-21-16(20)8-4-3-6-12-13(7-5-9-17)15(19)11-14(12)18/h2-6,8,12-15,18-19H,1,7,10-11H2/t12-,13+,14-,15+/m1/s1. The zero-order valence-corrected chi connectivity index (χ0v) is 11.7. The van der Waals surface area contributed by atoms with E-state index in [-0.39, 0.29) is 24.9 Å². The maximum Gasteiger partial charge on any atom is 0.331 e. The van der Waals surface area contributed by atoms with E-state index in [1.54, 1.807) is 18.1 Å². The van der Waals surface area contributed by atoms with Gasteiger partial charge in [0.2, 0.25) is 0 Å². The molecule has 21 heavy (non-hydrogen) atoms. The number of ether oxygens (including phenoxy) is 1. The van der Waals surface area contributed by atoms with Crippen molar-refractivity contribution in [1.29, 1.82) is 0 Å². The quantitative estimate of drug-likeness (QED) is 0.240. The van der Waals surface area contributed by atoms with Crippen molar-refractivity contribution in [2.75, 3.05) is 6.61 Å². The highest BCUT2D eigenvalue weighted by Gasteiger charge is 2.39. The van der Waals surface area contributed by atoms with Crippen LogP contribution in [-0.4, -0.2) is 40.9 Å². The van der Waals surface area contributed by atoms with Crippen LogP contribution in [0.2, 0.25) is 0 Å². The Morgan fingerprint density at radius 1 is 1.33 bits per heavy atom. The first-order valence-electron chi connectivity index (χ1n) is 6.78. The van der Waals surface area contributed by atoms with E-state index in [1.807, 2.05) is 0 Å². The van der Waals surface area contributed by atoms with Crippen LogP contribution in [0.5, 0.6) is 0 Å². The van der Waals surface area contributed by atoms with Crippen molar-refractivity contribution >= 4 is 11.9 Å². The minimum absolute atomic E-state index is 0.153. The number of hydrogen-bond donors (Lipinski definition) is 2. The Morgan fingerprint density at radius 3 is 2.76 bits per heavy atom. The highest BCUT2D eigenvalue weighted by Crippen LogP contribution is 2.35. The summed E-state index contributed by atoms with van der Waals surface area (Å²) in [7, 11) is 0. The van der Waals surface area contributed by atoms with Crippen molar-refractivity contribution in [3.8, 4) is 0 Å². The van der Waals surface area contributed by atoms with Gasteiger partial charge in [-0.15, -0.1) is 0 Å². The smallest absolute Gasteiger partial charge is 0.331 e. The van der Waals surface area contributed by atoms with Crippen LogP contribution in [0.4, 0.5) is 0 Å². The first-order chi connectivity index (χ1) is 10.1. The molecule has 0 aromatic heterocycles. The average Bonchev–Trinajstić information content (AvgIpc) is 2.73. The molecule has 0 spiro atoms. The zero-order chi connectivity index (χ0) is 15.7. The van der Waals surface area contributed by atoms with E-state index in [1.165, 1.54) is 24.3 Å². The highest BCUT2D eigenvalue weighted by molar-refractivity contribution is 5.82. The summed E-state index contributed by atoms with van der Waals surface area (Å²) < 4.78 is 4.76. The molecule has 1 aliphatic carbocycles. The van der Waals surface area contributed by atoms with Crippen LogP contribution < -0.4 is 0 Å². The predicted octanol–water partition coefficient (Wildman–Crippen LogP) is 0.964. The van der Waals surface area contributed by atoms with Gasteiger partial charge in [0.05, 0.1) is 12.2 Å². The third kappa shape index (κ3) is 5.52. The van der Waals surface area contributed by atoms with Gasteiger partial charge < -0.3 is 14.9 Å². The maximum atomic E-state index is 11.2. The van der Waals surface area contributed by atoms with Crippen LogP contribution in [0.1, 0.15) is 12.8 Å². The van der Waals surface area contributed by atoms with E-state index >= 15 is 0 Å². The Balaban J connectivity index is 2.59. The number of rotatable bonds is 7. The van der Waals surface area contributed by atoms with E-state index in [9.17, 15) is 19.8 Å². The van der Waals surface area contributed by atoms with Gasteiger partial charge in [-0.25, -0.2) is 9.59 Å². The maximum absolute atomic E-state index is 11.2. The van der Waals surface area contributed by atoms with E-state index in [4.69, 9.17) is 4.74 Å². The van der Waals surface area contributed by atoms with Crippen LogP contribution in [0.15, 0.2) is 43.0 Å². The number of aliphatic hydroxyl groups excluding tert-OH is 2. The third-order valence-electron chi connectivity index (χ3n) is 3.41. The van der Waals surface area contributed by atoms with Gasteiger partial charge in [0.1, 0.15) is 12.5 Å². The van der Waals surface area contributed by atoms with E-state index in [2.05, 4.69) is 6.58 Å². The molecule has 0 bridgehead atoms. The number of hydrogen-bond acceptors (Lipinski definition) is 5. The van der Waals surface area contributed by atoms with Gasteiger partial charge in [-0.1, -0.05) is 30.9 Å². The number of allylic oxidation sites excluding steroid dienone is 3. The lowest BCUT2D eigenvalue weighted by Gasteiger charge is -2.18. The molecule has 114 valence electrons. The molecule has 0 aromatic carbocycles. The second-order valence-electron chi connectivity index (χ2n) is 4.83. The molecule has 1 rings (SSSR count). The molecular weight excluding hydrogens is 272 g/mol. The van der Waals surface area contributed by atoms with E-state index < -0.39 is 18.2 Å². The van der Waals surface area contributed by atoms with Crippen LogP contribution >= 0.6 is 0 Å². The summed E-state index contributed by atoms with van der Waals surface area (Å²) in [5.74, 6) is 0.709. The summed E-state index contributed by atoms with van der Waals surface area (Å²) in [6.07, 6.45) is 8.23. The van der Waals surface area contributed by atoms with Crippen molar-refractivity contribution < 1.29 is 24.5 Å². The van der Waals surface area contributed by atoms with Crippen molar-refractivity contribution in [1.82, 2.24) is 0 Å². The molecule has 0 heterocycles. The van der Waals surface area contributed by atoms with Gasteiger partial charge in [0, 0.05) is 24.5 Å². The Hall–Kier alpha value is -1.94. The summed E-state index contributed by atoms with van der Waals surface area (Å²) in [5.41, 5.74) is 0. The van der Waals surface area contributed by atoms with Crippen molar-refractivity contribution in [2.24, 2.45) is 11.8 Å². The Kier molecular flexibility index (Phi) is 7.40. The van der Waals surface area contributed by atoms with E-state index in [0.29, 0.717) is 6.42 Å². The van der Waals surface area contributed by atoms with Crippen molar-refractivity contribution in [3.05, 3.63) is 43.0 Å². The fraction of sp³-hybridized carbons (Fsp3) is 0.438. The molecule has 1 saturated carbocycles. The van der Waals surface area contributed by atoms with Crippen LogP contribution in [0, 0.1) is 11.8 Å². The average molecular weight is 292 g/mol. The monoisotopic (exact) mass is 292 g/mol. The normalized spacial score (nSPS) is 28.7. The largest absolute Gasteiger partial charge is 0.458 e. The molecule has 0 aromatic rings. The first kappa shape index (κ1) is 17.1. The fourth-order valence-electron chi connectivity index (χ4n) is 2.41. The van der Waals surface area contributed by atoms with Crippen molar-refractivity contribution in [2.45, 2.75) is 25.0 Å². The molecule has 2 N–H and O–H groups in total. The second kappa shape index (κ2) is 9.08. The number of carbonyl (C=O) groups is 1. The van der Waals surface area contributed by atoms with Crippen LogP contribution in [-0.2, 0) is 14.3 Å². The molecular formula is C16H20O5. The highest BCUT2D eigenvalue weighted by atomic mass is 16.5. The fourth-order valence-corrected chi connectivity index (χ4v) is 2.41. The summed E-state index contributed by atoms with van der Waals surface area (Å²) in [6, 6.07) is 0. The van der Waals surface area contributed by atoms with Gasteiger partial charge in [0.25, 0.3) is 0 Å². The molecule has 1 fully saturated rings. The second-order valence-corrected chi connectivity index (χ2v) is 4.83. The number of esters is 1. The summed E-state index contributed by atoms with van der Waals surface area (Å²) >= 11 is 0. The molecule has 0 amide bonds. The minimum atomic E-state index is -0.664. The van der Waals surface area contributed by atoms with Gasteiger partial charge in [-0.2, -0.15) is 0 Å². The lowest BCUT2D eigenvalue weighted by atomic mass is 9.90. The molecule has 5 heteroatoms. The number of aliphatic hydroxyl groups is 2. The molecule has 0 radical (unpaired) electrons. The Morgan fingerprint density at radius 2 is 2.10 bits per heavy atom. The van der Waals surface area contributed by atoms with Gasteiger partial charge in [-0.05, 0) is 12.3 Å². The predicted molar refractivity (Wildman–Crippen MR) is 77.9 cm³/mol. The van der Waals surface area contributed by atoms with Crippen molar-refractivity contribution in [3.63, 3.8) is 0 Å². The van der Waals surface area contributed by atoms with Gasteiger partial charge in [-0.3, -0.25) is 0 Å². The first-order valence-corrected chi connectivity index (χ1v) is 6.78. The van der Waals surface area contributed by atoms with Gasteiger partial charge >= 0.3 is 5.97 Å². The lowest BCUT2D eigenvalue weighted by Crippen LogP contribution is -2.19. The third-order valence-corrected chi connectivity index (χ3v) is 3.41. The van der Waals surface area contributed by atoms with Gasteiger partial charge in [0.15, 0.2) is 0 Å². The molecule has 5 nitrogen and oxygen atoms in total. The summed E-state index contributed by atoms with van der Waals surface area (Å²) in [6.45, 7) is 3.59. The number of carbonyl (C=O) groups excluding carboxylic acids is 2. The van der Waals surface area contributed by atoms with E-state index in [0.717, 1.165) is 0 Å². The van der Waals surface area contributed by atoms with Crippen LogP contribution in [0.3, 0.4) is 0 Å². The van der Waals surface area contributed by atoms with Crippen LogP contribution in [0.25, 0.3) is 0 Å².